The minimum Gasteiger partial charge on any atom is -0.497 e. The van der Waals surface area contributed by atoms with Gasteiger partial charge in [0.15, 0.2) is 0 Å². The highest BCUT2D eigenvalue weighted by molar-refractivity contribution is 5.78. The minimum atomic E-state index is 0.107. The molecule has 0 bridgehead atoms. The van der Waals surface area contributed by atoms with E-state index in [-0.39, 0.29) is 11.9 Å². The van der Waals surface area contributed by atoms with Gasteiger partial charge in [-0.05, 0) is 18.6 Å². The van der Waals surface area contributed by atoms with Crippen molar-refractivity contribution in [2.75, 3.05) is 32.7 Å². The summed E-state index contributed by atoms with van der Waals surface area (Å²) in [4.78, 5) is 13.6. The third kappa shape index (κ3) is 2.92. The van der Waals surface area contributed by atoms with Gasteiger partial charge in [-0.15, -0.1) is 0 Å². The highest BCUT2D eigenvalue weighted by Crippen LogP contribution is 2.33. The molecule has 0 saturated carbocycles. The van der Waals surface area contributed by atoms with Crippen LogP contribution < -0.4 is 19.7 Å². The number of methoxy groups -OCH3 is 2. The number of hydrogen-bond donors (Lipinski definition) is 1. The molecule has 5 heteroatoms. The molecule has 1 saturated heterocycles. The Labute approximate surface area is 113 Å². The van der Waals surface area contributed by atoms with Gasteiger partial charge < -0.3 is 19.7 Å². The van der Waals surface area contributed by atoms with Crippen LogP contribution in [0, 0.1) is 0 Å². The quantitative estimate of drug-likeness (QED) is 0.893. The number of carbonyl (C=O) groups is 1. The Kier molecular flexibility index (Phi) is 4.14. The number of nitrogens with zero attached hydrogens (tertiary/aromatic N) is 1. The number of nitrogens with one attached hydrogen (secondary N) is 1. The molecule has 1 aliphatic rings. The maximum Gasteiger partial charge on any atom is 0.222 e. The van der Waals surface area contributed by atoms with E-state index >= 15 is 0 Å². The Morgan fingerprint density at radius 3 is 2.74 bits per heavy atom. The van der Waals surface area contributed by atoms with E-state index in [1.807, 2.05) is 25.2 Å². The second-order valence-corrected chi connectivity index (χ2v) is 4.65. The van der Waals surface area contributed by atoms with Gasteiger partial charge in [-0.2, -0.15) is 0 Å². The SMILES string of the molecule is COc1ccc(N(C)C2CCNC(=O)C2)c(OC)c1. The molecule has 0 aliphatic carbocycles. The van der Waals surface area contributed by atoms with Crippen molar-refractivity contribution < 1.29 is 14.3 Å². The first-order valence-electron chi connectivity index (χ1n) is 6.37. The molecule has 19 heavy (non-hydrogen) atoms. The molecule has 1 unspecified atom stereocenters. The summed E-state index contributed by atoms with van der Waals surface area (Å²) in [6, 6.07) is 5.92. The minimum absolute atomic E-state index is 0.107. The molecule has 1 atom stereocenters. The lowest BCUT2D eigenvalue weighted by molar-refractivity contribution is -0.122. The summed E-state index contributed by atoms with van der Waals surface area (Å²) >= 11 is 0. The summed E-state index contributed by atoms with van der Waals surface area (Å²) < 4.78 is 10.6. The van der Waals surface area contributed by atoms with Gasteiger partial charge in [0, 0.05) is 32.1 Å². The van der Waals surface area contributed by atoms with Gasteiger partial charge in [0.05, 0.1) is 19.9 Å². The summed E-state index contributed by atoms with van der Waals surface area (Å²) in [7, 11) is 5.26. The fourth-order valence-corrected chi connectivity index (χ4v) is 2.37. The fraction of sp³-hybridized carbons (Fsp3) is 0.500. The molecule has 1 heterocycles. The van der Waals surface area contributed by atoms with Gasteiger partial charge in [-0.3, -0.25) is 4.79 Å². The summed E-state index contributed by atoms with van der Waals surface area (Å²) in [5, 5.41) is 2.85. The Morgan fingerprint density at radius 2 is 2.11 bits per heavy atom. The lowest BCUT2D eigenvalue weighted by Crippen LogP contribution is -2.44. The van der Waals surface area contributed by atoms with Crippen molar-refractivity contribution in [2.24, 2.45) is 0 Å². The maximum atomic E-state index is 11.5. The van der Waals surface area contributed by atoms with Gasteiger partial charge in [0.1, 0.15) is 11.5 Å². The zero-order valence-corrected chi connectivity index (χ0v) is 11.6. The van der Waals surface area contributed by atoms with E-state index in [4.69, 9.17) is 9.47 Å². The number of hydrogen-bond acceptors (Lipinski definition) is 4. The van der Waals surface area contributed by atoms with E-state index in [9.17, 15) is 4.79 Å². The first-order valence-corrected chi connectivity index (χ1v) is 6.37. The number of anilines is 1. The Bertz CT molecular complexity index is 462. The molecular formula is C14H20N2O3. The van der Waals surface area contributed by atoms with Crippen LogP contribution in [0.5, 0.6) is 11.5 Å². The lowest BCUT2D eigenvalue weighted by atomic mass is 10.0. The Balaban J connectivity index is 2.22. The van der Waals surface area contributed by atoms with E-state index in [1.165, 1.54) is 0 Å². The van der Waals surface area contributed by atoms with Crippen LogP contribution in [-0.4, -0.2) is 39.8 Å². The Hall–Kier alpha value is -1.91. The lowest BCUT2D eigenvalue weighted by Gasteiger charge is -2.33. The number of benzene rings is 1. The van der Waals surface area contributed by atoms with E-state index in [0.717, 1.165) is 30.2 Å². The molecule has 1 amide bonds. The summed E-state index contributed by atoms with van der Waals surface area (Å²) in [5.41, 5.74) is 0.975. The largest absolute Gasteiger partial charge is 0.497 e. The van der Waals surface area contributed by atoms with E-state index in [0.29, 0.717) is 6.42 Å². The first-order chi connectivity index (χ1) is 9.15. The average Bonchev–Trinajstić information content (AvgIpc) is 2.45. The predicted molar refractivity (Wildman–Crippen MR) is 74.0 cm³/mol. The average molecular weight is 264 g/mol. The number of rotatable bonds is 4. The highest BCUT2D eigenvalue weighted by Gasteiger charge is 2.24. The Morgan fingerprint density at radius 1 is 1.32 bits per heavy atom. The van der Waals surface area contributed by atoms with Crippen LogP contribution in [0.2, 0.25) is 0 Å². The van der Waals surface area contributed by atoms with Crippen LogP contribution in [0.4, 0.5) is 5.69 Å². The molecule has 5 nitrogen and oxygen atoms in total. The molecule has 2 rings (SSSR count). The summed E-state index contributed by atoms with van der Waals surface area (Å²) in [5.74, 6) is 1.62. The zero-order valence-electron chi connectivity index (χ0n) is 11.6. The second-order valence-electron chi connectivity index (χ2n) is 4.65. The molecule has 104 valence electrons. The predicted octanol–water partition coefficient (Wildman–Crippen LogP) is 1.42. The van der Waals surface area contributed by atoms with Crippen molar-refractivity contribution in [3.63, 3.8) is 0 Å². The van der Waals surface area contributed by atoms with Crippen molar-refractivity contribution in [1.29, 1.82) is 0 Å². The monoisotopic (exact) mass is 264 g/mol. The third-order valence-corrected chi connectivity index (χ3v) is 3.54. The van der Waals surface area contributed by atoms with Gasteiger partial charge in [0.2, 0.25) is 5.91 Å². The van der Waals surface area contributed by atoms with E-state index in [2.05, 4.69) is 10.2 Å². The molecule has 1 aliphatic heterocycles. The molecule has 1 fully saturated rings. The van der Waals surface area contributed by atoms with Gasteiger partial charge in [-0.1, -0.05) is 0 Å². The molecule has 1 N–H and O–H groups in total. The van der Waals surface area contributed by atoms with E-state index < -0.39 is 0 Å². The van der Waals surface area contributed by atoms with Crippen LogP contribution in [0.1, 0.15) is 12.8 Å². The smallest absolute Gasteiger partial charge is 0.222 e. The highest BCUT2D eigenvalue weighted by atomic mass is 16.5. The van der Waals surface area contributed by atoms with Crippen LogP contribution in [0.3, 0.4) is 0 Å². The van der Waals surface area contributed by atoms with Crippen LogP contribution in [0.15, 0.2) is 18.2 Å². The molecule has 1 aromatic carbocycles. The van der Waals surface area contributed by atoms with Crippen molar-refractivity contribution >= 4 is 11.6 Å². The maximum absolute atomic E-state index is 11.5. The molecular weight excluding hydrogens is 244 g/mol. The first kappa shape index (κ1) is 13.5. The number of ether oxygens (including phenoxy) is 2. The third-order valence-electron chi connectivity index (χ3n) is 3.54. The normalized spacial score (nSPS) is 18.7. The number of piperidine rings is 1. The van der Waals surface area contributed by atoms with Gasteiger partial charge in [0.25, 0.3) is 0 Å². The van der Waals surface area contributed by atoms with Crippen molar-refractivity contribution in [2.45, 2.75) is 18.9 Å². The molecule has 0 radical (unpaired) electrons. The molecule has 0 spiro atoms. The topological polar surface area (TPSA) is 50.8 Å². The number of amides is 1. The van der Waals surface area contributed by atoms with Gasteiger partial charge in [-0.25, -0.2) is 0 Å². The molecule has 0 aromatic heterocycles. The van der Waals surface area contributed by atoms with Crippen LogP contribution in [-0.2, 0) is 4.79 Å². The fourth-order valence-electron chi connectivity index (χ4n) is 2.37. The molecule has 1 aromatic rings. The zero-order chi connectivity index (χ0) is 13.8. The van der Waals surface area contributed by atoms with Crippen molar-refractivity contribution in [3.8, 4) is 11.5 Å². The van der Waals surface area contributed by atoms with Crippen molar-refractivity contribution in [3.05, 3.63) is 18.2 Å². The van der Waals surface area contributed by atoms with Crippen LogP contribution >= 0.6 is 0 Å². The van der Waals surface area contributed by atoms with E-state index in [1.54, 1.807) is 14.2 Å². The van der Waals surface area contributed by atoms with Crippen LogP contribution in [0.25, 0.3) is 0 Å². The summed E-state index contributed by atoms with van der Waals surface area (Å²) in [6.45, 7) is 0.728. The second kappa shape index (κ2) is 5.82. The standard InChI is InChI=1S/C14H20N2O3/c1-16(10-6-7-15-14(17)8-10)12-5-4-11(18-2)9-13(12)19-3/h4-5,9-10H,6-8H2,1-3H3,(H,15,17). The summed E-state index contributed by atoms with van der Waals surface area (Å²) in [6.07, 6.45) is 1.46. The number of carbonyl (C=O) groups excluding carboxylic acids is 1. The van der Waals surface area contributed by atoms with Crippen molar-refractivity contribution in [1.82, 2.24) is 5.32 Å². The van der Waals surface area contributed by atoms with Gasteiger partial charge >= 0.3 is 0 Å².